The second kappa shape index (κ2) is 10.2. The van der Waals surface area contributed by atoms with Crippen molar-refractivity contribution in [1.82, 2.24) is 19.3 Å². The highest BCUT2D eigenvalue weighted by Gasteiger charge is 2.42. The number of halogens is 1. The first-order valence-corrected chi connectivity index (χ1v) is 13.5. The zero-order chi connectivity index (χ0) is 27.0. The number of carbonyl (C=O) groups excluding carboxylic acids is 1. The first kappa shape index (κ1) is 25.8. The van der Waals surface area contributed by atoms with Crippen LogP contribution in [0.4, 0.5) is 0 Å². The Labute approximate surface area is 223 Å². The maximum Gasteiger partial charge on any atom is 0.305 e. The number of amides is 1. The van der Waals surface area contributed by atoms with Gasteiger partial charge in [-0.3, -0.25) is 9.59 Å². The van der Waals surface area contributed by atoms with Crippen molar-refractivity contribution in [3.05, 3.63) is 77.1 Å². The van der Waals surface area contributed by atoms with E-state index in [1.165, 1.54) is 17.0 Å². The largest absolute Gasteiger partial charge is 0.481 e. The van der Waals surface area contributed by atoms with Crippen LogP contribution in [0.2, 0.25) is 5.02 Å². The van der Waals surface area contributed by atoms with E-state index in [2.05, 4.69) is 10.1 Å². The van der Waals surface area contributed by atoms with Crippen LogP contribution in [0, 0.1) is 6.92 Å². The average Bonchev–Trinajstić information content (AvgIpc) is 3.32. The molecule has 0 radical (unpaired) electrons. The number of carbonyl (C=O) groups is 2. The van der Waals surface area contributed by atoms with Gasteiger partial charge in [-0.1, -0.05) is 53.2 Å². The Morgan fingerprint density at radius 1 is 1.08 bits per heavy atom. The minimum Gasteiger partial charge on any atom is -0.481 e. The minimum absolute atomic E-state index is 0.0174. The maximum absolute atomic E-state index is 13.6. The number of piperazine rings is 1. The normalized spacial score (nSPS) is 16.7. The lowest BCUT2D eigenvalue weighted by Crippen LogP contribution is -2.58. The zero-order valence-electron chi connectivity index (χ0n) is 20.2. The van der Waals surface area contributed by atoms with Gasteiger partial charge in [0, 0.05) is 37.1 Å². The van der Waals surface area contributed by atoms with Gasteiger partial charge in [-0.05, 0) is 40.6 Å². The lowest BCUT2D eigenvalue weighted by molar-refractivity contribution is -0.147. The lowest BCUT2D eigenvalue weighted by Gasteiger charge is -2.39. The van der Waals surface area contributed by atoms with Crippen molar-refractivity contribution in [1.29, 1.82) is 0 Å². The summed E-state index contributed by atoms with van der Waals surface area (Å²) in [5.74, 6) is -0.937. The molecule has 1 aliphatic heterocycles. The number of nitrogens with zero attached hydrogens (tertiary/aromatic N) is 4. The number of rotatable bonds is 7. The molecule has 1 unspecified atom stereocenters. The number of aliphatic carboxylic acids is 1. The molecular formula is C26H23ClN4O6S. The third kappa shape index (κ3) is 5.13. The monoisotopic (exact) mass is 554 g/mol. The van der Waals surface area contributed by atoms with E-state index in [0.29, 0.717) is 22.1 Å². The summed E-state index contributed by atoms with van der Waals surface area (Å²) in [6, 6.07) is 15.5. The zero-order valence-corrected chi connectivity index (χ0v) is 21.8. The second-order valence-corrected chi connectivity index (χ2v) is 11.3. The molecule has 196 valence electrons. The van der Waals surface area contributed by atoms with Crippen LogP contribution in [0.15, 0.2) is 70.1 Å². The van der Waals surface area contributed by atoms with E-state index in [-0.39, 0.29) is 24.5 Å². The molecule has 4 aromatic rings. The van der Waals surface area contributed by atoms with Crippen LogP contribution in [0.25, 0.3) is 22.2 Å². The number of hydrogen-bond acceptors (Lipinski definition) is 7. The predicted octanol–water partition coefficient (Wildman–Crippen LogP) is 3.73. The summed E-state index contributed by atoms with van der Waals surface area (Å²) in [4.78, 5) is 30.7. The summed E-state index contributed by atoms with van der Waals surface area (Å²) >= 11 is 6.03. The quantitative estimate of drug-likeness (QED) is 0.365. The first-order valence-electron chi connectivity index (χ1n) is 11.7. The van der Waals surface area contributed by atoms with E-state index in [4.69, 9.17) is 16.1 Å². The van der Waals surface area contributed by atoms with Gasteiger partial charge in [0.15, 0.2) is 0 Å². The fourth-order valence-corrected chi connectivity index (χ4v) is 6.29. The Hall–Kier alpha value is -3.80. The molecule has 5 rings (SSSR count). The van der Waals surface area contributed by atoms with Crippen LogP contribution >= 0.6 is 11.6 Å². The van der Waals surface area contributed by atoms with Crippen molar-refractivity contribution in [2.24, 2.45) is 0 Å². The van der Waals surface area contributed by atoms with E-state index in [9.17, 15) is 23.1 Å². The molecule has 1 amide bonds. The molecule has 10 nitrogen and oxygen atoms in total. The number of hydrogen-bond donors (Lipinski definition) is 1. The summed E-state index contributed by atoms with van der Waals surface area (Å²) in [6.07, 6.45) is -0.645. The average molecular weight is 555 g/mol. The summed E-state index contributed by atoms with van der Waals surface area (Å²) in [5.41, 5.74) is 1.54. The van der Waals surface area contributed by atoms with Crippen LogP contribution in [0.3, 0.4) is 0 Å². The summed E-state index contributed by atoms with van der Waals surface area (Å²) in [5, 5.41) is 15.3. The van der Waals surface area contributed by atoms with Crippen LogP contribution in [0.1, 0.15) is 17.9 Å². The van der Waals surface area contributed by atoms with Gasteiger partial charge in [-0.2, -0.15) is 9.29 Å². The topological polar surface area (TPSA) is 134 Å². The fourth-order valence-electron chi connectivity index (χ4n) is 4.51. The molecule has 38 heavy (non-hydrogen) atoms. The third-order valence-electron chi connectivity index (χ3n) is 6.40. The summed E-state index contributed by atoms with van der Waals surface area (Å²) in [6.45, 7) is 1.97. The molecule has 0 spiro atoms. The molecule has 1 saturated heterocycles. The van der Waals surface area contributed by atoms with Crippen LogP contribution in [-0.4, -0.2) is 63.9 Å². The van der Waals surface area contributed by atoms with Crippen LogP contribution in [0.5, 0.6) is 0 Å². The Balaban J connectivity index is 1.38. The molecule has 1 aromatic heterocycles. The molecular weight excluding hydrogens is 532 g/mol. The number of carboxylic acids is 1. The van der Waals surface area contributed by atoms with Gasteiger partial charge in [0.2, 0.25) is 27.6 Å². The third-order valence-corrected chi connectivity index (χ3v) is 8.54. The Morgan fingerprint density at radius 2 is 1.79 bits per heavy atom. The number of sulfonamides is 1. The van der Waals surface area contributed by atoms with Gasteiger partial charge in [-0.25, -0.2) is 8.42 Å². The Bertz CT molecular complexity index is 1640. The van der Waals surface area contributed by atoms with Gasteiger partial charge in [0.05, 0.1) is 11.3 Å². The Kier molecular flexibility index (Phi) is 6.91. The van der Waals surface area contributed by atoms with E-state index >= 15 is 0 Å². The van der Waals surface area contributed by atoms with E-state index < -0.39 is 34.4 Å². The molecule has 12 heteroatoms. The van der Waals surface area contributed by atoms with Crippen molar-refractivity contribution in [2.45, 2.75) is 30.8 Å². The van der Waals surface area contributed by atoms with Crippen molar-refractivity contribution in [2.75, 3.05) is 13.1 Å². The molecule has 1 aliphatic rings. The highest BCUT2D eigenvalue weighted by molar-refractivity contribution is 7.89. The van der Waals surface area contributed by atoms with Crippen LogP contribution in [-0.2, 0) is 26.2 Å². The predicted molar refractivity (Wildman–Crippen MR) is 139 cm³/mol. The SMILES string of the molecule is Cc1nc(-c2ccc(CN3CCN(S(=O)(=O)c4ccc5cc(Cl)ccc5c4)C(CC(=O)O)C3=O)cc2)no1. The summed E-state index contributed by atoms with van der Waals surface area (Å²) < 4.78 is 33.2. The highest BCUT2D eigenvalue weighted by atomic mass is 35.5. The fraction of sp³-hybridized carbons (Fsp3) is 0.231. The van der Waals surface area contributed by atoms with Crippen molar-refractivity contribution in [3.63, 3.8) is 0 Å². The highest BCUT2D eigenvalue weighted by Crippen LogP contribution is 2.28. The van der Waals surface area contributed by atoms with Crippen molar-refractivity contribution < 1.29 is 27.6 Å². The van der Waals surface area contributed by atoms with Crippen molar-refractivity contribution in [3.8, 4) is 11.4 Å². The number of fused-ring (bicyclic) bond motifs is 1. The standard InChI is InChI=1S/C26H23ClN4O6S/c1-16-28-25(29-37-16)18-4-2-17(3-5-18)15-30-10-11-31(23(26(30)34)14-24(32)33)38(35,36)22-9-7-19-12-21(27)8-6-20(19)13-22/h2-9,12-13,23H,10-11,14-15H2,1H3,(H,32,33). The van der Waals surface area contributed by atoms with Crippen molar-refractivity contribution >= 4 is 44.3 Å². The maximum atomic E-state index is 13.6. The molecule has 1 atom stereocenters. The lowest BCUT2D eigenvalue weighted by atomic mass is 10.1. The molecule has 1 fully saturated rings. The van der Waals surface area contributed by atoms with Crippen LogP contribution < -0.4 is 0 Å². The number of carboxylic acid groups (broad SMARTS) is 1. The van der Waals surface area contributed by atoms with Gasteiger partial charge in [-0.15, -0.1) is 0 Å². The van der Waals surface area contributed by atoms with E-state index in [1.54, 1.807) is 43.3 Å². The molecule has 1 N–H and O–H groups in total. The van der Waals surface area contributed by atoms with E-state index in [0.717, 1.165) is 20.8 Å². The minimum atomic E-state index is -4.16. The molecule has 3 aromatic carbocycles. The number of aromatic nitrogens is 2. The number of benzene rings is 3. The second-order valence-electron chi connectivity index (χ2n) is 8.98. The smallest absolute Gasteiger partial charge is 0.305 e. The molecule has 2 heterocycles. The van der Waals surface area contributed by atoms with Gasteiger partial charge < -0.3 is 14.5 Å². The first-order chi connectivity index (χ1) is 18.1. The van der Waals surface area contributed by atoms with E-state index in [1.807, 2.05) is 12.1 Å². The van der Waals surface area contributed by atoms with Gasteiger partial charge in [0.1, 0.15) is 6.04 Å². The molecule has 0 aliphatic carbocycles. The molecule has 0 bridgehead atoms. The van der Waals surface area contributed by atoms with Gasteiger partial charge in [0.25, 0.3) is 0 Å². The molecule has 0 saturated carbocycles. The number of aryl methyl sites for hydroxylation is 1. The Morgan fingerprint density at radius 3 is 2.47 bits per heavy atom. The van der Waals surface area contributed by atoms with Gasteiger partial charge >= 0.3 is 5.97 Å². The summed E-state index contributed by atoms with van der Waals surface area (Å²) in [7, 11) is -4.16.